The molecule has 3 heterocycles. The number of hydrogen-bond acceptors (Lipinski definition) is 8. The van der Waals surface area contributed by atoms with Gasteiger partial charge in [-0.05, 0) is 68.7 Å². The van der Waals surface area contributed by atoms with Gasteiger partial charge in [-0.2, -0.15) is 4.80 Å². The molecule has 2 atom stereocenters. The molecule has 2 aliphatic carbocycles. The molecule has 2 aliphatic rings. The summed E-state index contributed by atoms with van der Waals surface area (Å²) in [6.07, 6.45) is 6.21. The molecule has 1 N–H and O–H groups in total. The van der Waals surface area contributed by atoms with Crippen molar-refractivity contribution in [1.82, 2.24) is 40.2 Å². The molecule has 0 radical (unpaired) electrons. The van der Waals surface area contributed by atoms with Crippen molar-refractivity contribution in [3.05, 3.63) is 29.3 Å². The average molecular weight is 453 g/mol. The van der Waals surface area contributed by atoms with Gasteiger partial charge in [-0.3, -0.25) is 4.79 Å². The molecule has 0 aliphatic heterocycles. The Morgan fingerprint density at radius 2 is 2.03 bits per heavy atom. The third-order valence-corrected chi connectivity index (χ3v) is 6.45. The third-order valence-electron chi connectivity index (χ3n) is 6.45. The first-order valence-electron chi connectivity index (χ1n) is 11.5. The maximum atomic E-state index is 11.3. The van der Waals surface area contributed by atoms with Gasteiger partial charge in [-0.1, -0.05) is 5.21 Å². The van der Waals surface area contributed by atoms with Crippen molar-refractivity contribution in [3.8, 4) is 17.1 Å². The Hall–Kier alpha value is -3.37. The summed E-state index contributed by atoms with van der Waals surface area (Å²) in [5.41, 5.74) is 2.92. The van der Waals surface area contributed by atoms with Gasteiger partial charge in [0.25, 0.3) is 0 Å². The number of hydrogen-bond donors (Lipinski definition) is 1. The van der Waals surface area contributed by atoms with Crippen molar-refractivity contribution in [1.29, 1.82) is 0 Å². The van der Waals surface area contributed by atoms with E-state index in [1.165, 1.54) is 12.8 Å². The van der Waals surface area contributed by atoms with Crippen LogP contribution in [0, 0.1) is 18.8 Å². The van der Waals surface area contributed by atoms with E-state index in [1.807, 2.05) is 26.1 Å². The summed E-state index contributed by atoms with van der Waals surface area (Å²) in [7, 11) is 1.83. The van der Waals surface area contributed by atoms with E-state index in [2.05, 4.69) is 25.7 Å². The number of aliphatic carboxylic acids is 1. The number of aryl methyl sites for hydroxylation is 2. The van der Waals surface area contributed by atoms with Gasteiger partial charge in [0.1, 0.15) is 18.0 Å². The number of carbonyl (C=O) groups is 1. The lowest BCUT2D eigenvalue weighted by molar-refractivity contribution is -0.143. The van der Waals surface area contributed by atoms with Gasteiger partial charge in [0.2, 0.25) is 0 Å². The second kappa shape index (κ2) is 8.87. The lowest BCUT2D eigenvalue weighted by atomic mass is 9.87. The highest BCUT2D eigenvalue weighted by molar-refractivity contribution is 5.70. The van der Waals surface area contributed by atoms with Gasteiger partial charge in [0.15, 0.2) is 5.82 Å². The van der Waals surface area contributed by atoms with E-state index in [0.29, 0.717) is 42.4 Å². The third kappa shape index (κ3) is 4.86. The molecule has 174 valence electrons. The Balaban J connectivity index is 1.31. The van der Waals surface area contributed by atoms with Crippen molar-refractivity contribution in [2.45, 2.75) is 64.5 Å². The van der Waals surface area contributed by atoms with E-state index in [9.17, 15) is 9.90 Å². The van der Waals surface area contributed by atoms with Crippen LogP contribution in [0.4, 0.5) is 0 Å². The quantitative estimate of drug-likeness (QED) is 0.546. The maximum absolute atomic E-state index is 11.3. The first kappa shape index (κ1) is 21.5. The average Bonchev–Trinajstić information content (AvgIpc) is 3.39. The summed E-state index contributed by atoms with van der Waals surface area (Å²) in [4.78, 5) is 17.6. The summed E-state index contributed by atoms with van der Waals surface area (Å²) in [5.74, 6) is 1.06. The minimum absolute atomic E-state index is 0.110. The van der Waals surface area contributed by atoms with E-state index in [4.69, 9.17) is 9.72 Å². The Labute approximate surface area is 191 Å². The highest BCUT2D eigenvalue weighted by atomic mass is 16.5. The molecule has 0 spiro atoms. The van der Waals surface area contributed by atoms with Crippen LogP contribution < -0.4 is 4.74 Å². The molecule has 11 nitrogen and oxygen atoms in total. The lowest BCUT2D eigenvalue weighted by Gasteiger charge is -2.27. The highest BCUT2D eigenvalue weighted by Gasteiger charge is 2.29. The minimum atomic E-state index is -0.745. The molecule has 5 rings (SSSR count). The van der Waals surface area contributed by atoms with Crippen LogP contribution in [-0.2, 0) is 24.8 Å². The molecule has 2 fully saturated rings. The second-order valence-corrected chi connectivity index (χ2v) is 9.11. The number of nitrogens with zero attached hydrogens (tertiary/aromatic N) is 8. The van der Waals surface area contributed by atoms with E-state index in [1.54, 1.807) is 9.48 Å². The van der Waals surface area contributed by atoms with Gasteiger partial charge in [0, 0.05) is 13.5 Å². The number of rotatable bonds is 8. The monoisotopic (exact) mass is 452 g/mol. The predicted molar refractivity (Wildman–Crippen MR) is 116 cm³/mol. The molecule has 11 heteroatoms. The first-order valence-corrected chi connectivity index (χ1v) is 11.5. The van der Waals surface area contributed by atoms with E-state index < -0.39 is 5.97 Å². The zero-order chi connectivity index (χ0) is 22.9. The zero-order valence-corrected chi connectivity index (χ0v) is 18.9. The highest BCUT2D eigenvalue weighted by Crippen LogP contribution is 2.32. The van der Waals surface area contributed by atoms with Crippen LogP contribution in [0.3, 0.4) is 0 Å². The smallest absolute Gasteiger partial charge is 0.306 e. The number of ether oxygens (including phenoxy) is 1. The summed E-state index contributed by atoms with van der Waals surface area (Å²) in [5, 5.41) is 30.7. The maximum Gasteiger partial charge on any atom is 0.306 e. The molecule has 3 aromatic heterocycles. The topological polar surface area (TPSA) is 134 Å². The van der Waals surface area contributed by atoms with Gasteiger partial charge in [0.05, 0.1) is 29.1 Å². The van der Waals surface area contributed by atoms with Crippen LogP contribution in [0.15, 0.2) is 12.1 Å². The Kier molecular flexibility index (Phi) is 5.77. The van der Waals surface area contributed by atoms with Crippen molar-refractivity contribution in [2.24, 2.45) is 18.9 Å². The fourth-order valence-corrected chi connectivity index (χ4v) is 4.35. The van der Waals surface area contributed by atoms with Crippen molar-refractivity contribution in [3.63, 3.8) is 0 Å². The molecule has 2 saturated carbocycles. The van der Waals surface area contributed by atoms with Gasteiger partial charge in [-0.25, -0.2) is 9.67 Å². The summed E-state index contributed by atoms with van der Waals surface area (Å²) < 4.78 is 7.83. The largest absolute Gasteiger partial charge is 0.489 e. The van der Waals surface area contributed by atoms with Gasteiger partial charge in [-0.15, -0.1) is 15.3 Å². The normalized spacial score (nSPS) is 20.7. The van der Waals surface area contributed by atoms with Crippen LogP contribution in [0.5, 0.6) is 5.75 Å². The van der Waals surface area contributed by atoms with Crippen molar-refractivity contribution >= 4 is 5.97 Å². The fraction of sp³-hybridized carbons (Fsp3) is 0.591. The van der Waals surface area contributed by atoms with Gasteiger partial charge < -0.3 is 9.84 Å². The SMILES string of the molecule is Cc1nc(-c2nnn(C)c2Cn2nnc(CC3CC3)n2)ccc1OC1CCC[C@H](C(=O)O)C1. The number of carboxylic acid groups (broad SMARTS) is 1. The van der Waals surface area contributed by atoms with Crippen LogP contribution in [0.2, 0.25) is 0 Å². The lowest BCUT2D eigenvalue weighted by Crippen LogP contribution is -2.29. The summed E-state index contributed by atoms with van der Waals surface area (Å²) in [6, 6.07) is 3.74. The number of carboxylic acids is 1. The standard InChI is InChI=1S/C22H28N8O3/c1-13-19(33-16-5-3-4-15(11-16)22(31)32)9-8-17(23-13)21-18(29(2)27-25-21)12-30-26-20(24-28-30)10-14-6-7-14/h8-9,14-16H,3-7,10-12H2,1-2H3,(H,31,32)/t15-,16?/m0/s1. The molecule has 0 aromatic carbocycles. The first-order chi connectivity index (χ1) is 16.0. The molecule has 1 unspecified atom stereocenters. The minimum Gasteiger partial charge on any atom is -0.489 e. The summed E-state index contributed by atoms with van der Waals surface area (Å²) >= 11 is 0. The molecule has 3 aromatic rings. The van der Waals surface area contributed by atoms with Crippen LogP contribution >= 0.6 is 0 Å². The van der Waals surface area contributed by atoms with Crippen molar-refractivity contribution < 1.29 is 14.6 Å². The number of aromatic nitrogens is 8. The second-order valence-electron chi connectivity index (χ2n) is 9.11. The molecular formula is C22H28N8O3. The Bertz CT molecular complexity index is 1150. The fourth-order valence-electron chi connectivity index (χ4n) is 4.35. The number of pyridine rings is 1. The van der Waals surface area contributed by atoms with E-state index in [0.717, 1.165) is 36.5 Å². The van der Waals surface area contributed by atoms with E-state index in [-0.39, 0.29) is 12.0 Å². The summed E-state index contributed by atoms with van der Waals surface area (Å²) in [6.45, 7) is 2.28. The Morgan fingerprint density at radius 3 is 2.79 bits per heavy atom. The molecule has 0 bridgehead atoms. The van der Waals surface area contributed by atoms with Crippen LogP contribution in [0.25, 0.3) is 11.4 Å². The molecule has 0 saturated heterocycles. The van der Waals surface area contributed by atoms with Crippen LogP contribution in [-0.4, -0.2) is 57.4 Å². The van der Waals surface area contributed by atoms with Gasteiger partial charge >= 0.3 is 5.97 Å². The molecule has 33 heavy (non-hydrogen) atoms. The molecular weight excluding hydrogens is 424 g/mol. The predicted octanol–water partition coefficient (Wildman–Crippen LogP) is 2.20. The Morgan fingerprint density at radius 1 is 1.18 bits per heavy atom. The van der Waals surface area contributed by atoms with E-state index >= 15 is 0 Å². The zero-order valence-electron chi connectivity index (χ0n) is 18.9. The number of tetrazole rings is 1. The van der Waals surface area contributed by atoms with Crippen molar-refractivity contribution in [2.75, 3.05) is 0 Å². The van der Waals surface area contributed by atoms with Crippen LogP contribution in [0.1, 0.15) is 55.7 Å². The molecule has 0 amide bonds.